The highest BCUT2D eigenvalue weighted by Crippen LogP contribution is 2.34. The van der Waals surface area contributed by atoms with Gasteiger partial charge in [0, 0.05) is 24.7 Å². The van der Waals surface area contributed by atoms with E-state index in [9.17, 15) is 9.59 Å². The van der Waals surface area contributed by atoms with Gasteiger partial charge in [-0.3, -0.25) is 9.69 Å². The van der Waals surface area contributed by atoms with Crippen molar-refractivity contribution in [1.29, 1.82) is 0 Å². The van der Waals surface area contributed by atoms with E-state index in [1.54, 1.807) is 42.3 Å². The van der Waals surface area contributed by atoms with Crippen LogP contribution in [0.2, 0.25) is 10.0 Å². The number of carbonyl (C=O) groups is 2. The molecule has 2 aromatic rings. The minimum absolute atomic E-state index is 0.160. The molecule has 1 aromatic heterocycles. The molecule has 1 aliphatic rings. The maximum absolute atomic E-state index is 13.1. The maximum atomic E-state index is 13.1. The monoisotopic (exact) mass is 382 g/mol. The number of nitrogens with two attached hydrogens (primary N) is 1. The molecule has 2 heterocycles. The van der Waals surface area contributed by atoms with Crippen molar-refractivity contribution < 1.29 is 9.59 Å². The fourth-order valence-corrected chi connectivity index (χ4v) is 3.65. The van der Waals surface area contributed by atoms with Crippen LogP contribution in [0.25, 0.3) is 0 Å². The van der Waals surface area contributed by atoms with Gasteiger partial charge >= 0.3 is 6.03 Å². The number of imidazole rings is 1. The first-order valence-electron chi connectivity index (χ1n) is 7.61. The third-order valence-electron chi connectivity index (χ3n) is 4.53. The van der Waals surface area contributed by atoms with E-state index < -0.39 is 11.9 Å². The second kappa shape index (κ2) is 6.33. The van der Waals surface area contributed by atoms with Crippen LogP contribution in [0, 0.1) is 0 Å². The van der Waals surface area contributed by atoms with Gasteiger partial charge in [-0.25, -0.2) is 4.79 Å². The molecule has 0 saturated carbocycles. The van der Waals surface area contributed by atoms with Crippen LogP contribution in [0.15, 0.2) is 30.7 Å². The maximum Gasteiger partial charge on any atom is 0.426 e. The first kappa shape index (κ1) is 17.7. The van der Waals surface area contributed by atoms with Crippen LogP contribution in [-0.4, -0.2) is 46.0 Å². The van der Waals surface area contributed by atoms with Gasteiger partial charge in [0.2, 0.25) is 5.91 Å². The third-order valence-corrected chi connectivity index (χ3v) is 5.12. The molecule has 3 rings (SSSR count). The Hall–Kier alpha value is -2.09. The number of carbonyl (C=O) groups excluding carboxylic acids is 2. The van der Waals surface area contributed by atoms with Gasteiger partial charge in [0.1, 0.15) is 19.4 Å². The van der Waals surface area contributed by atoms with Gasteiger partial charge in [-0.15, -0.1) is 0 Å². The third kappa shape index (κ3) is 2.99. The molecule has 3 amide bonds. The average molecular weight is 383 g/mol. The molecule has 0 spiro atoms. The number of rotatable bonds is 4. The molecule has 1 saturated heterocycles. The molecule has 1 aromatic carbocycles. The zero-order chi connectivity index (χ0) is 18.4. The Morgan fingerprint density at radius 2 is 2.12 bits per heavy atom. The van der Waals surface area contributed by atoms with Gasteiger partial charge in [-0.2, -0.15) is 9.47 Å². The molecule has 25 heavy (non-hydrogen) atoms. The van der Waals surface area contributed by atoms with Crippen LogP contribution in [-0.2, 0) is 18.4 Å². The number of amides is 3. The zero-order valence-electron chi connectivity index (χ0n) is 13.8. The number of urea groups is 1. The number of nitrogens with zero attached hydrogens (tertiary/aromatic N) is 4. The molecule has 9 heteroatoms. The number of hydrogen-bond acceptors (Lipinski definition) is 3. The molecule has 0 bridgehead atoms. The van der Waals surface area contributed by atoms with Crippen molar-refractivity contribution in [3.05, 3.63) is 46.3 Å². The lowest BCUT2D eigenvalue weighted by Gasteiger charge is -2.28. The topological polar surface area (TPSA) is 81.2 Å². The van der Waals surface area contributed by atoms with E-state index in [4.69, 9.17) is 28.9 Å². The largest absolute Gasteiger partial charge is 0.426 e. The van der Waals surface area contributed by atoms with Gasteiger partial charge in [0.05, 0.1) is 11.2 Å². The summed E-state index contributed by atoms with van der Waals surface area (Å²) in [6.07, 6.45) is 3.38. The Kier molecular flexibility index (Phi) is 4.49. The standard InChI is InChI=1S/C16H17Cl2N5O2/c1-21-6-14(20-9-21)23(7-10-3-4-11(17)5-12(10)18)8-13(15(19)24)22(2)16(23)25/h3-6,9,13H,7-8H2,1-2H3,(H-,19,24)/p+1. The highest BCUT2D eigenvalue weighted by molar-refractivity contribution is 6.35. The second-order valence-corrected chi connectivity index (χ2v) is 7.10. The smallest absolute Gasteiger partial charge is 0.368 e. The first-order chi connectivity index (χ1) is 11.7. The van der Waals surface area contributed by atoms with E-state index in [0.29, 0.717) is 15.9 Å². The normalized spacial score (nSPS) is 23.3. The summed E-state index contributed by atoms with van der Waals surface area (Å²) in [7, 11) is 3.39. The van der Waals surface area contributed by atoms with Crippen molar-refractivity contribution in [1.82, 2.24) is 18.9 Å². The molecule has 2 N–H and O–H groups in total. The Bertz CT molecular complexity index is 853. The number of quaternary nitrogens is 1. The lowest BCUT2D eigenvalue weighted by molar-refractivity contribution is -0.121. The van der Waals surface area contributed by atoms with Gasteiger partial charge in [0.25, 0.3) is 5.82 Å². The molecule has 2 unspecified atom stereocenters. The summed E-state index contributed by atoms with van der Waals surface area (Å²) in [6, 6.07) is 4.16. The minimum Gasteiger partial charge on any atom is -0.368 e. The first-order valence-corrected chi connectivity index (χ1v) is 8.36. The van der Waals surface area contributed by atoms with Crippen molar-refractivity contribution in [2.45, 2.75) is 12.6 Å². The van der Waals surface area contributed by atoms with Gasteiger partial charge < -0.3 is 10.3 Å². The van der Waals surface area contributed by atoms with Crippen LogP contribution in [0.1, 0.15) is 5.56 Å². The summed E-state index contributed by atoms with van der Waals surface area (Å²) in [5.41, 5.74) is 6.23. The van der Waals surface area contributed by atoms with E-state index in [2.05, 4.69) is 4.98 Å². The summed E-state index contributed by atoms with van der Waals surface area (Å²) in [4.78, 5) is 30.6. The van der Waals surface area contributed by atoms with Crippen molar-refractivity contribution >= 4 is 41.0 Å². The molecule has 2 atom stereocenters. The number of hydrogen-bond donors (Lipinski definition) is 1. The van der Waals surface area contributed by atoms with Crippen LogP contribution >= 0.6 is 23.2 Å². The fraction of sp³-hybridized carbons (Fsp3) is 0.312. The zero-order valence-corrected chi connectivity index (χ0v) is 15.3. The Morgan fingerprint density at radius 1 is 1.40 bits per heavy atom. The van der Waals surface area contributed by atoms with Crippen LogP contribution in [0.4, 0.5) is 10.6 Å². The van der Waals surface area contributed by atoms with Gasteiger partial charge in [0.15, 0.2) is 6.04 Å². The summed E-state index contributed by atoms with van der Waals surface area (Å²) in [5.74, 6) is -0.0110. The molecule has 0 aliphatic carbocycles. The second-order valence-electron chi connectivity index (χ2n) is 6.25. The molecular weight excluding hydrogens is 365 g/mol. The predicted octanol–water partition coefficient (Wildman–Crippen LogP) is 2.15. The SMILES string of the molecule is CN1C(=O)[N+](Cc2ccc(Cl)cc2Cl)(c2cn(C)cn2)CC1C(N)=O. The van der Waals surface area contributed by atoms with E-state index in [-0.39, 0.29) is 23.6 Å². The fourth-order valence-electron chi connectivity index (χ4n) is 3.18. The highest BCUT2D eigenvalue weighted by atomic mass is 35.5. The summed E-state index contributed by atoms with van der Waals surface area (Å²) >= 11 is 12.3. The van der Waals surface area contributed by atoms with E-state index >= 15 is 0 Å². The van der Waals surface area contributed by atoms with Crippen molar-refractivity contribution in [3.8, 4) is 0 Å². The lowest BCUT2D eigenvalue weighted by Crippen LogP contribution is -2.51. The lowest BCUT2D eigenvalue weighted by atomic mass is 10.1. The van der Waals surface area contributed by atoms with Crippen LogP contribution in [0.3, 0.4) is 0 Å². The highest BCUT2D eigenvalue weighted by Gasteiger charge is 2.55. The van der Waals surface area contributed by atoms with E-state index in [0.717, 1.165) is 5.56 Å². The molecule has 132 valence electrons. The number of halogens is 2. The Labute approximate surface area is 155 Å². The average Bonchev–Trinajstić information content (AvgIpc) is 3.08. The quantitative estimate of drug-likeness (QED) is 0.822. The van der Waals surface area contributed by atoms with E-state index in [1.165, 1.54) is 4.90 Å². The molecular formula is C16H18Cl2N5O2+. The Morgan fingerprint density at radius 3 is 2.64 bits per heavy atom. The molecule has 7 nitrogen and oxygen atoms in total. The summed E-state index contributed by atoms with van der Waals surface area (Å²) in [5, 5.41) is 0.969. The number of aromatic nitrogens is 2. The van der Waals surface area contributed by atoms with E-state index in [1.807, 2.05) is 7.05 Å². The number of primary amides is 1. The van der Waals surface area contributed by atoms with Crippen LogP contribution < -0.4 is 10.2 Å². The minimum atomic E-state index is -0.708. The molecule has 1 fully saturated rings. The van der Waals surface area contributed by atoms with Crippen molar-refractivity contribution in [2.24, 2.45) is 12.8 Å². The molecule has 1 aliphatic heterocycles. The predicted molar refractivity (Wildman–Crippen MR) is 96.2 cm³/mol. The number of likely N-dealkylation sites (N-methyl/N-ethyl adjacent to an activating group) is 1. The number of aryl methyl sites for hydroxylation is 1. The van der Waals surface area contributed by atoms with Crippen molar-refractivity contribution in [3.63, 3.8) is 0 Å². The summed E-state index contributed by atoms with van der Waals surface area (Å²) in [6.45, 7) is 0.445. The van der Waals surface area contributed by atoms with Crippen molar-refractivity contribution in [2.75, 3.05) is 13.6 Å². The van der Waals surface area contributed by atoms with Gasteiger partial charge in [-0.1, -0.05) is 29.3 Å². The van der Waals surface area contributed by atoms with Gasteiger partial charge in [-0.05, 0) is 12.1 Å². The Balaban J connectivity index is 2.10. The van der Waals surface area contributed by atoms with Crippen LogP contribution in [0.5, 0.6) is 0 Å². The summed E-state index contributed by atoms with van der Waals surface area (Å²) < 4.78 is 1.59. The molecule has 0 radical (unpaired) electrons. The number of benzene rings is 1.